The predicted octanol–water partition coefficient (Wildman–Crippen LogP) is 1.05. The van der Waals surface area contributed by atoms with E-state index in [9.17, 15) is 4.39 Å². The largest absolute Gasteiger partial charge is 0.394 e. The number of hydrogen-bond donors (Lipinski definition) is 2. The average molecular weight is 281 g/mol. The van der Waals surface area contributed by atoms with Crippen molar-refractivity contribution in [3.63, 3.8) is 0 Å². The number of aliphatic hydroxyl groups is 1. The lowest BCUT2D eigenvalue weighted by Crippen LogP contribution is -2.49. The van der Waals surface area contributed by atoms with Crippen LogP contribution in [0.15, 0.2) is 24.3 Å². The summed E-state index contributed by atoms with van der Waals surface area (Å²) in [6.07, 6.45) is 0.767. The van der Waals surface area contributed by atoms with Crippen molar-refractivity contribution in [2.24, 2.45) is 5.73 Å². The number of nitrogens with zero attached hydrogens (tertiary/aromatic N) is 2. The van der Waals surface area contributed by atoms with Crippen LogP contribution in [0, 0.1) is 5.82 Å². The molecule has 0 aliphatic carbocycles. The van der Waals surface area contributed by atoms with E-state index in [0.29, 0.717) is 5.69 Å². The molecule has 20 heavy (non-hydrogen) atoms. The van der Waals surface area contributed by atoms with E-state index in [1.165, 1.54) is 6.07 Å². The summed E-state index contributed by atoms with van der Waals surface area (Å²) in [6.45, 7) is 6.18. The Morgan fingerprint density at radius 2 is 1.90 bits per heavy atom. The Balaban J connectivity index is 1.82. The lowest BCUT2D eigenvalue weighted by Gasteiger charge is -2.37. The molecule has 2 rings (SSSR count). The Hall–Kier alpha value is -1.17. The summed E-state index contributed by atoms with van der Waals surface area (Å²) < 4.78 is 13.7. The van der Waals surface area contributed by atoms with Gasteiger partial charge in [0.15, 0.2) is 0 Å². The zero-order valence-electron chi connectivity index (χ0n) is 12.1. The molecule has 0 aromatic heterocycles. The second-order valence-electron chi connectivity index (χ2n) is 5.84. The second-order valence-corrected chi connectivity index (χ2v) is 5.84. The molecule has 1 unspecified atom stereocenters. The van der Waals surface area contributed by atoms with E-state index in [1.54, 1.807) is 6.07 Å². The Morgan fingerprint density at radius 3 is 2.50 bits per heavy atom. The number of halogens is 1. The number of para-hydroxylation sites is 1. The van der Waals surface area contributed by atoms with Gasteiger partial charge in [-0.15, -0.1) is 0 Å². The van der Waals surface area contributed by atoms with Crippen molar-refractivity contribution in [1.82, 2.24) is 4.90 Å². The van der Waals surface area contributed by atoms with Gasteiger partial charge in [-0.25, -0.2) is 4.39 Å². The number of anilines is 1. The van der Waals surface area contributed by atoms with Crippen LogP contribution in [0.5, 0.6) is 0 Å². The Kier molecular flexibility index (Phi) is 4.96. The predicted molar refractivity (Wildman–Crippen MR) is 79.3 cm³/mol. The van der Waals surface area contributed by atoms with Gasteiger partial charge in [-0.3, -0.25) is 4.90 Å². The fourth-order valence-electron chi connectivity index (χ4n) is 2.41. The van der Waals surface area contributed by atoms with Crippen molar-refractivity contribution >= 4 is 5.69 Å². The minimum absolute atomic E-state index is 0.00217. The molecule has 0 bridgehead atoms. The normalized spacial score (nSPS) is 19.9. The molecule has 0 spiro atoms. The van der Waals surface area contributed by atoms with Crippen LogP contribution in [0.4, 0.5) is 10.1 Å². The summed E-state index contributed by atoms with van der Waals surface area (Å²) in [5.41, 5.74) is 6.11. The van der Waals surface area contributed by atoms with Gasteiger partial charge >= 0.3 is 0 Å². The zero-order valence-corrected chi connectivity index (χ0v) is 12.1. The van der Waals surface area contributed by atoms with Crippen LogP contribution in [0.3, 0.4) is 0 Å². The average Bonchev–Trinajstić information content (AvgIpc) is 2.46. The quantitative estimate of drug-likeness (QED) is 0.847. The van der Waals surface area contributed by atoms with Crippen molar-refractivity contribution in [2.45, 2.75) is 18.9 Å². The van der Waals surface area contributed by atoms with Crippen molar-refractivity contribution in [1.29, 1.82) is 0 Å². The van der Waals surface area contributed by atoms with E-state index in [4.69, 9.17) is 10.8 Å². The van der Waals surface area contributed by atoms with Crippen molar-refractivity contribution in [3.8, 4) is 0 Å². The molecule has 1 aromatic rings. The number of rotatable bonds is 5. The van der Waals surface area contributed by atoms with Gasteiger partial charge in [0.2, 0.25) is 0 Å². The molecule has 1 atom stereocenters. The van der Waals surface area contributed by atoms with Gasteiger partial charge in [0.05, 0.1) is 12.3 Å². The van der Waals surface area contributed by atoms with Crippen LogP contribution in [0.1, 0.15) is 13.3 Å². The Bertz CT molecular complexity index is 431. The van der Waals surface area contributed by atoms with Crippen molar-refractivity contribution in [2.75, 3.05) is 44.2 Å². The molecule has 5 heteroatoms. The molecule has 4 nitrogen and oxygen atoms in total. The van der Waals surface area contributed by atoms with Crippen molar-refractivity contribution < 1.29 is 9.50 Å². The van der Waals surface area contributed by atoms with Crippen molar-refractivity contribution in [3.05, 3.63) is 30.1 Å². The summed E-state index contributed by atoms with van der Waals surface area (Å²) in [7, 11) is 0. The molecule has 3 N–H and O–H groups in total. The summed E-state index contributed by atoms with van der Waals surface area (Å²) in [6, 6.07) is 6.91. The van der Waals surface area contributed by atoms with Crippen LogP contribution in [-0.4, -0.2) is 54.9 Å². The fourth-order valence-corrected chi connectivity index (χ4v) is 2.41. The smallest absolute Gasteiger partial charge is 0.146 e. The van der Waals surface area contributed by atoms with Gasteiger partial charge in [0, 0.05) is 38.3 Å². The van der Waals surface area contributed by atoms with E-state index in [-0.39, 0.29) is 12.4 Å². The number of piperazine rings is 1. The number of nitrogens with two attached hydrogens (primary N) is 1. The van der Waals surface area contributed by atoms with Gasteiger partial charge in [-0.05, 0) is 25.5 Å². The number of hydrogen-bond acceptors (Lipinski definition) is 4. The highest BCUT2D eigenvalue weighted by Gasteiger charge is 2.22. The lowest BCUT2D eigenvalue weighted by atomic mass is 10.0. The van der Waals surface area contributed by atoms with Gasteiger partial charge in [-0.2, -0.15) is 0 Å². The molecule has 1 saturated heterocycles. The molecular formula is C15H24FN3O. The minimum Gasteiger partial charge on any atom is -0.394 e. The molecule has 1 aliphatic heterocycles. The first-order valence-corrected chi connectivity index (χ1v) is 7.13. The van der Waals surface area contributed by atoms with E-state index in [1.807, 2.05) is 19.1 Å². The van der Waals surface area contributed by atoms with Crippen LogP contribution in [-0.2, 0) is 0 Å². The maximum atomic E-state index is 13.7. The summed E-state index contributed by atoms with van der Waals surface area (Å²) in [5, 5.41) is 9.15. The molecule has 0 radical (unpaired) electrons. The molecule has 0 amide bonds. The molecule has 1 aliphatic rings. The molecule has 1 aromatic carbocycles. The summed E-state index contributed by atoms with van der Waals surface area (Å²) in [4.78, 5) is 4.40. The van der Waals surface area contributed by atoms with E-state index in [2.05, 4.69) is 9.80 Å². The zero-order chi connectivity index (χ0) is 14.6. The standard InChI is InChI=1S/C15H24FN3O/c1-15(17,12-20)6-7-18-8-10-19(11-9-18)14-5-3-2-4-13(14)16/h2-5,20H,6-12,17H2,1H3. The van der Waals surface area contributed by atoms with Gasteiger partial charge in [0.1, 0.15) is 5.82 Å². The lowest BCUT2D eigenvalue weighted by molar-refractivity contribution is 0.171. The maximum Gasteiger partial charge on any atom is 0.146 e. The summed E-state index contributed by atoms with van der Waals surface area (Å²) in [5.74, 6) is -0.157. The van der Waals surface area contributed by atoms with Gasteiger partial charge in [0.25, 0.3) is 0 Å². The molecule has 1 fully saturated rings. The molecule has 0 saturated carbocycles. The van der Waals surface area contributed by atoms with Gasteiger partial charge < -0.3 is 15.7 Å². The first-order valence-electron chi connectivity index (χ1n) is 7.13. The SMILES string of the molecule is CC(N)(CO)CCN1CCN(c2ccccc2F)CC1. The Labute approximate surface area is 120 Å². The van der Waals surface area contributed by atoms with Gasteiger partial charge in [-0.1, -0.05) is 12.1 Å². The first-order chi connectivity index (χ1) is 9.52. The van der Waals surface area contributed by atoms with E-state index < -0.39 is 5.54 Å². The highest BCUT2D eigenvalue weighted by molar-refractivity contribution is 5.47. The van der Waals surface area contributed by atoms with Crippen LogP contribution in [0.25, 0.3) is 0 Å². The minimum atomic E-state index is -0.511. The second kappa shape index (κ2) is 6.52. The molecular weight excluding hydrogens is 257 g/mol. The summed E-state index contributed by atoms with van der Waals surface area (Å²) >= 11 is 0. The Morgan fingerprint density at radius 1 is 1.25 bits per heavy atom. The molecule has 112 valence electrons. The van der Waals surface area contributed by atoms with Crippen LogP contribution in [0.2, 0.25) is 0 Å². The highest BCUT2D eigenvalue weighted by atomic mass is 19.1. The first kappa shape index (κ1) is 15.2. The number of aliphatic hydroxyl groups excluding tert-OH is 1. The van der Waals surface area contributed by atoms with E-state index >= 15 is 0 Å². The number of benzene rings is 1. The maximum absolute atomic E-state index is 13.7. The topological polar surface area (TPSA) is 52.7 Å². The third-order valence-corrected chi connectivity index (χ3v) is 3.93. The third-order valence-electron chi connectivity index (χ3n) is 3.93. The van der Waals surface area contributed by atoms with Crippen LogP contribution < -0.4 is 10.6 Å². The van der Waals surface area contributed by atoms with E-state index in [0.717, 1.165) is 39.1 Å². The fraction of sp³-hybridized carbons (Fsp3) is 0.600. The monoisotopic (exact) mass is 281 g/mol. The molecule has 1 heterocycles. The third kappa shape index (κ3) is 3.91. The van der Waals surface area contributed by atoms with Crippen LogP contribution >= 0.6 is 0 Å². The highest BCUT2D eigenvalue weighted by Crippen LogP contribution is 2.20.